The molecule has 1 atom stereocenters. The van der Waals surface area contributed by atoms with Crippen LogP contribution >= 0.6 is 0 Å². The molecule has 0 saturated carbocycles. The molecule has 2 amide bonds. The van der Waals surface area contributed by atoms with Crippen LogP contribution in [0.4, 0.5) is 0 Å². The molecule has 0 fully saturated rings. The number of primary amides is 1. The number of nitrogens with two attached hydrogens (primary N) is 2. The molecule has 0 bridgehead atoms. The van der Waals surface area contributed by atoms with E-state index in [1.807, 2.05) is 20.8 Å². The monoisotopic (exact) mass is 243 g/mol. The summed E-state index contributed by atoms with van der Waals surface area (Å²) in [6.45, 7) is 7.56. The van der Waals surface area contributed by atoms with Gasteiger partial charge < -0.3 is 16.8 Å². The third kappa shape index (κ3) is 3.19. The summed E-state index contributed by atoms with van der Waals surface area (Å²) < 4.78 is 0. The molecular formula is C12H25N3O2. The molecule has 0 rings (SSSR count). The average Bonchev–Trinajstić information content (AvgIpc) is 2.31. The molecule has 0 radical (unpaired) electrons. The van der Waals surface area contributed by atoms with Crippen molar-refractivity contribution in [3.63, 3.8) is 0 Å². The minimum Gasteiger partial charge on any atom is -0.368 e. The van der Waals surface area contributed by atoms with E-state index in [1.54, 1.807) is 6.92 Å². The first-order valence-corrected chi connectivity index (χ1v) is 6.14. The van der Waals surface area contributed by atoms with Crippen LogP contribution in [0.3, 0.4) is 0 Å². The fraction of sp³-hybridized carbons (Fsp3) is 0.833. The van der Waals surface area contributed by atoms with Gasteiger partial charge in [0.05, 0.1) is 5.41 Å². The van der Waals surface area contributed by atoms with Crippen molar-refractivity contribution < 1.29 is 9.59 Å². The van der Waals surface area contributed by atoms with E-state index in [9.17, 15) is 9.59 Å². The Balaban J connectivity index is 5.00. The lowest BCUT2D eigenvalue weighted by molar-refractivity contribution is -0.137. The molecular weight excluding hydrogens is 218 g/mol. The second-order valence-corrected chi connectivity index (χ2v) is 4.70. The molecule has 0 heterocycles. The van der Waals surface area contributed by atoms with E-state index in [4.69, 9.17) is 11.5 Å². The second kappa shape index (κ2) is 6.00. The molecule has 5 N–H and O–H groups in total. The van der Waals surface area contributed by atoms with Gasteiger partial charge in [-0.1, -0.05) is 20.8 Å². The number of amides is 2. The van der Waals surface area contributed by atoms with Crippen LogP contribution in [0, 0.1) is 5.41 Å². The molecule has 100 valence electrons. The van der Waals surface area contributed by atoms with Crippen LogP contribution < -0.4 is 16.8 Å². The van der Waals surface area contributed by atoms with Gasteiger partial charge in [-0.2, -0.15) is 0 Å². The van der Waals surface area contributed by atoms with Crippen LogP contribution in [-0.4, -0.2) is 23.9 Å². The molecule has 0 aliphatic heterocycles. The van der Waals surface area contributed by atoms with Crippen molar-refractivity contribution in [3.8, 4) is 0 Å². The Morgan fingerprint density at radius 3 is 1.82 bits per heavy atom. The summed E-state index contributed by atoms with van der Waals surface area (Å²) in [5, 5.41) is 2.74. The normalized spacial score (nSPS) is 15.1. The first-order valence-electron chi connectivity index (χ1n) is 6.14. The Morgan fingerprint density at radius 2 is 1.59 bits per heavy atom. The summed E-state index contributed by atoms with van der Waals surface area (Å²) in [6.07, 6.45) is 1.75. The summed E-state index contributed by atoms with van der Waals surface area (Å²) in [5.74, 6) is -0.709. The van der Waals surface area contributed by atoms with E-state index in [0.29, 0.717) is 19.3 Å². The molecule has 0 aliphatic rings. The van der Waals surface area contributed by atoms with Crippen molar-refractivity contribution >= 4 is 11.8 Å². The highest BCUT2D eigenvalue weighted by Crippen LogP contribution is 2.26. The largest absolute Gasteiger partial charge is 0.368 e. The second-order valence-electron chi connectivity index (χ2n) is 4.70. The maximum Gasteiger partial charge on any atom is 0.242 e. The van der Waals surface area contributed by atoms with Crippen LogP contribution in [0.1, 0.15) is 47.0 Å². The van der Waals surface area contributed by atoms with Crippen molar-refractivity contribution in [2.75, 3.05) is 6.54 Å². The maximum atomic E-state index is 12.2. The highest BCUT2D eigenvalue weighted by Gasteiger charge is 2.39. The van der Waals surface area contributed by atoms with Gasteiger partial charge in [-0.25, -0.2) is 0 Å². The Kier molecular flexibility index (Phi) is 5.61. The summed E-state index contributed by atoms with van der Waals surface area (Å²) in [5.41, 5.74) is 9.40. The van der Waals surface area contributed by atoms with E-state index in [2.05, 4.69) is 5.32 Å². The minimum atomic E-state index is -0.998. The van der Waals surface area contributed by atoms with E-state index in [-0.39, 0.29) is 12.5 Å². The molecule has 17 heavy (non-hydrogen) atoms. The third-order valence-electron chi connectivity index (χ3n) is 3.87. The molecule has 5 heteroatoms. The van der Waals surface area contributed by atoms with Gasteiger partial charge in [0.2, 0.25) is 11.8 Å². The number of rotatable bonds is 7. The molecule has 0 aromatic carbocycles. The minimum absolute atomic E-state index is 0.187. The highest BCUT2D eigenvalue weighted by atomic mass is 16.2. The molecule has 0 aromatic rings. The Bertz CT molecular complexity index is 279. The predicted octanol–water partition coefficient (Wildman–Crippen LogP) is 0.522. The van der Waals surface area contributed by atoms with Gasteiger partial charge in [0, 0.05) is 6.54 Å². The van der Waals surface area contributed by atoms with E-state index in [1.165, 1.54) is 0 Å². The highest BCUT2D eigenvalue weighted by molar-refractivity contribution is 5.92. The first-order chi connectivity index (χ1) is 7.81. The molecule has 0 saturated heterocycles. The Hall–Kier alpha value is -1.10. The molecule has 0 aliphatic carbocycles. The van der Waals surface area contributed by atoms with Crippen LogP contribution in [0.2, 0.25) is 0 Å². The standard InChI is InChI=1S/C12H25N3O2/c1-5-11(4,9(14)16)15-10(17)12(6-2,7-3)8-13/h5-8,13H2,1-4H3,(H2,14,16)(H,15,17). The van der Waals surface area contributed by atoms with Gasteiger partial charge in [0.1, 0.15) is 5.54 Å². The topological polar surface area (TPSA) is 98.2 Å². The van der Waals surface area contributed by atoms with Crippen LogP contribution in [0.5, 0.6) is 0 Å². The average molecular weight is 243 g/mol. The number of carbonyl (C=O) groups excluding carboxylic acids is 2. The molecule has 1 unspecified atom stereocenters. The van der Waals surface area contributed by atoms with Gasteiger partial charge in [-0.3, -0.25) is 9.59 Å². The van der Waals surface area contributed by atoms with Crippen molar-refractivity contribution in [1.29, 1.82) is 0 Å². The fourth-order valence-corrected chi connectivity index (χ4v) is 1.66. The number of carbonyl (C=O) groups is 2. The molecule has 0 spiro atoms. The van der Waals surface area contributed by atoms with Crippen molar-refractivity contribution in [1.82, 2.24) is 5.32 Å². The summed E-state index contributed by atoms with van der Waals surface area (Å²) in [7, 11) is 0. The zero-order chi connectivity index (χ0) is 13.7. The zero-order valence-corrected chi connectivity index (χ0v) is 11.3. The quantitative estimate of drug-likeness (QED) is 0.608. The zero-order valence-electron chi connectivity index (χ0n) is 11.3. The SMILES string of the molecule is CCC(CC)(CN)C(=O)NC(C)(CC)C(N)=O. The maximum absolute atomic E-state index is 12.2. The van der Waals surface area contributed by atoms with Gasteiger partial charge in [0.25, 0.3) is 0 Å². The lowest BCUT2D eigenvalue weighted by Crippen LogP contribution is -2.59. The third-order valence-corrected chi connectivity index (χ3v) is 3.87. The van der Waals surface area contributed by atoms with E-state index < -0.39 is 16.9 Å². The van der Waals surface area contributed by atoms with Gasteiger partial charge in [-0.15, -0.1) is 0 Å². The van der Waals surface area contributed by atoms with Gasteiger partial charge in [-0.05, 0) is 26.2 Å². The first kappa shape index (κ1) is 15.9. The smallest absolute Gasteiger partial charge is 0.242 e. The fourth-order valence-electron chi connectivity index (χ4n) is 1.66. The predicted molar refractivity (Wildman–Crippen MR) is 68.1 cm³/mol. The van der Waals surface area contributed by atoms with Crippen LogP contribution in [-0.2, 0) is 9.59 Å². The number of hydrogen-bond acceptors (Lipinski definition) is 3. The summed E-state index contributed by atoms with van der Waals surface area (Å²) >= 11 is 0. The number of hydrogen-bond donors (Lipinski definition) is 3. The van der Waals surface area contributed by atoms with E-state index in [0.717, 1.165) is 0 Å². The lowest BCUT2D eigenvalue weighted by atomic mass is 9.80. The number of nitrogens with one attached hydrogen (secondary N) is 1. The van der Waals surface area contributed by atoms with Gasteiger partial charge >= 0.3 is 0 Å². The summed E-state index contributed by atoms with van der Waals surface area (Å²) in [4.78, 5) is 23.6. The Morgan fingerprint density at radius 1 is 1.12 bits per heavy atom. The molecule has 0 aromatic heterocycles. The molecule has 5 nitrogen and oxygen atoms in total. The van der Waals surface area contributed by atoms with Crippen LogP contribution in [0.25, 0.3) is 0 Å². The van der Waals surface area contributed by atoms with E-state index >= 15 is 0 Å². The Labute approximate surface area is 103 Å². The summed E-state index contributed by atoms with van der Waals surface area (Å²) in [6, 6.07) is 0. The van der Waals surface area contributed by atoms with Gasteiger partial charge in [0.15, 0.2) is 0 Å². The van der Waals surface area contributed by atoms with Crippen molar-refractivity contribution in [2.24, 2.45) is 16.9 Å². The van der Waals surface area contributed by atoms with Crippen molar-refractivity contribution in [2.45, 2.75) is 52.5 Å². The van der Waals surface area contributed by atoms with Crippen molar-refractivity contribution in [3.05, 3.63) is 0 Å². The van der Waals surface area contributed by atoms with Crippen LogP contribution in [0.15, 0.2) is 0 Å². The lowest BCUT2D eigenvalue weighted by Gasteiger charge is -2.34.